The molecule has 0 spiro atoms. The first-order chi connectivity index (χ1) is 15.4. The highest BCUT2D eigenvalue weighted by molar-refractivity contribution is 7.99. The fourth-order valence-corrected chi connectivity index (χ4v) is 4.19. The van der Waals surface area contributed by atoms with Crippen molar-refractivity contribution >= 4 is 35.1 Å². The van der Waals surface area contributed by atoms with E-state index in [1.807, 2.05) is 73.9 Å². The minimum absolute atomic E-state index is 0.134. The van der Waals surface area contributed by atoms with E-state index >= 15 is 0 Å². The molecule has 0 atom stereocenters. The molecule has 0 radical (unpaired) electrons. The molecule has 0 aliphatic carbocycles. The maximum Gasteiger partial charge on any atom is 0.235 e. The maximum absolute atomic E-state index is 12.6. The first-order valence-corrected chi connectivity index (χ1v) is 11.5. The van der Waals surface area contributed by atoms with Crippen molar-refractivity contribution in [3.05, 3.63) is 71.4 Å². The van der Waals surface area contributed by atoms with Crippen LogP contribution in [0.4, 0.5) is 5.82 Å². The van der Waals surface area contributed by atoms with Crippen molar-refractivity contribution in [3.63, 3.8) is 0 Å². The maximum atomic E-state index is 12.6. The number of hydrogen-bond donors (Lipinski definition) is 1. The summed E-state index contributed by atoms with van der Waals surface area (Å²) >= 11 is 7.40. The molecule has 2 heterocycles. The summed E-state index contributed by atoms with van der Waals surface area (Å²) in [6.45, 7) is 6.07. The Morgan fingerprint density at radius 1 is 1.09 bits per heavy atom. The van der Waals surface area contributed by atoms with E-state index in [4.69, 9.17) is 11.6 Å². The Morgan fingerprint density at radius 2 is 1.84 bits per heavy atom. The van der Waals surface area contributed by atoms with Gasteiger partial charge in [0.1, 0.15) is 5.82 Å². The summed E-state index contributed by atoms with van der Waals surface area (Å²) in [7, 11) is 0. The normalized spacial score (nSPS) is 11.2. The van der Waals surface area contributed by atoms with Gasteiger partial charge in [-0.2, -0.15) is 5.10 Å². The van der Waals surface area contributed by atoms with Crippen LogP contribution in [0.15, 0.2) is 66.0 Å². The van der Waals surface area contributed by atoms with E-state index in [1.165, 1.54) is 11.8 Å². The van der Waals surface area contributed by atoms with Crippen molar-refractivity contribution in [2.75, 3.05) is 11.1 Å². The molecule has 0 aliphatic heterocycles. The number of nitrogens with zero attached hydrogens (tertiary/aromatic N) is 5. The number of aryl methyl sites for hydroxylation is 1. The lowest BCUT2D eigenvalue weighted by atomic mass is 10.1. The van der Waals surface area contributed by atoms with E-state index in [2.05, 4.69) is 20.6 Å². The van der Waals surface area contributed by atoms with Crippen LogP contribution in [0, 0.1) is 6.92 Å². The highest BCUT2D eigenvalue weighted by Gasteiger charge is 2.19. The summed E-state index contributed by atoms with van der Waals surface area (Å²) in [5.41, 5.74) is 2.93. The van der Waals surface area contributed by atoms with E-state index in [1.54, 1.807) is 16.9 Å². The van der Waals surface area contributed by atoms with Crippen molar-refractivity contribution in [2.45, 2.75) is 32.0 Å². The molecule has 4 rings (SSSR count). The Morgan fingerprint density at radius 3 is 2.56 bits per heavy atom. The zero-order valence-corrected chi connectivity index (χ0v) is 19.6. The topological polar surface area (TPSA) is 77.6 Å². The average Bonchev–Trinajstić information content (AvgIpc) is 3.40. The lowest BCUT2D eigenvalue weighted by Crippen LogP contribution is -2.18. The molecule has 4 aromatic rings. The summed E-state index contributed by atoms with van der Waals surface area (Å²) in [4.78, 5) is 12.6. The van der Waals surface area contributed by atoms with E-state index in [0.29, 0.717) is 21.8 Å². The van der Waals surface area contributed by atoms with Crippen molar-refractivity contribution in [2.24, 2.45) is 0 Å². The highest BCUT2D eigenvalue weighted by atomic mass is 35.5. The Bertz CT molecular complexity index is 1230. The molecule has 0 saturated heterocycles. The largest absolute Gasteiger partial charge is 0.310 e. The molecule has 0 fully saturated rings. The number of halogens is 1. The van der Waals surface area contributed by atoms with E-state index < -0.39 is 0 Å². The number of benzene rings is 2. The Kier molecular flexibility index (Phi) is 6.62. The number of hydrogen-bond acceptors (Lipinski definition) is 5. The van der Waals surface area contributed by atoms with Gasteiger partial charge in [0.25, 0.3) is 0 Å². The Labute approximate surface area is 195 Å². The first-order valence-electron chi connectivity index (χ1n) is 10.2. The third kappa shape index (κ3) is 4.71. The zero-order chi connectivity index (χ0) is 22.7. The smallest absolute Gasteiger partial charge is 0.235 e. The summed E-state index contributed by atoms with van der Waals surface area (Å²) in [6, 6.07) is 17.4. The van der Waals surface area contributed by atoms with E-state index in [9.17, 15) is 4.79 Å². The van der Waals surface area contributed by atoms with Gasteiger partial charge in [-0.1, -0.05) is 41.6 Å². The molecular formula is C23H23ClN6OS. The fourth-order valence-electron chi connectivity index (χ4n) is 3.31. The van der Waals surface area contributed by atoms with Gasteiger partial charge >= 0.3 is 0 Å². The van der Waals surface area contributed by atoms with Crippen LogP contribution >= 0.6 is 23.4 Å². The molecule has 0 bridgehead atoms. The molecule has 32 heavy (non-hydrogen) atoms. The predicted octanol–water partition coefficient (Wildman–Crippen LogP) is 5.40. The van der Waals surface area contributed by atoms with Crippen LogP contribution in [0.25, 0.3) is 17.1 Å². The van der Waals surface area contributed by atoms with Crippen LogP contribution in [-0.2, 0) is 4.79 Å². The van der Waals surface area contributed by atoms with Gasteiger partial charge in [0.05, 0.1) is 17.6 Å². The Hall–Kier alpha value is -3.10. The number of anilines is 1. The van der Waals surface area contributed by atoms with E-state index in [-0.39, 0.29) is 17.7 Å². The van der Waals surface area contributed by atoms with Gasteiger partial charge in [-0.05, 0) is 56.7 Å². The van der Waals surface area contributed by atoms with Crippen molar-refractivity contribution in [1.82, 2.24) is 24.5 Å². The SMILES string of the molecule is Cc1ccccc1-n1c(SCC(=O)Nc2ccnn2C(C)C)nnc1-c1ccc(Cl)cc1. The number of carbonyl (C=O) groups is 1. The molecule has 164 valence electrons. The number of carbonyl (C=O) groups excluding carboxylic acids is 1. The van der Waals surface area contributed by atoms with Gasteiger partial charge < -0.3 is 5.32 Å². The Balaban J connectivity index is 1.61. The molecule has 1 N–H and O–H groups in total. The molecule has 1 amide bonds. The summed E-state index contributed by atoms with van der Waals surface area (Å²) in [6.07, 6.45) is 1.68. The quantitative estimate of drug-likeness (QED) is 0.369. The fraction of sp³-hybridized carbons (Fsp3) is 0.217. The minimum atomic E-state index is -0.134. The van der Waals surface area contributed by atoms with Crippen LogP contribution in [0.3, 0.4) is 0 Å². The summed E-state index contributed by atoms with van der Waals surface area (Å²) in [5, 5.41) is 17.3. The average molecular weight is 467 g/mol. The lowest BCUT2D eigenvalue weighted by molar-refractivity contribution is -0.113. The van der Waals surface area contributed by atoms with Crippen molar-refractivity contribution in [3.8, 4) is 17.1 Å². The molecule has 0 aliphatic rings. The molecule has 2 aromatic heterocycles. The van der Waals surface area contributed by atoms with Gasteiger partial charge in [0.15, 0.2) is 11.0 Å². The highest BCUT2D eigenvalue weighted by Crippen LogP contribution is 2.30. The van der Waals surface area contributed by atoms with Gasteiger partial charge in [0.2, 0.25) is 5.91 Å². The van der Waals surface area contributed by atoms with Gasteiger partial charge in [-0.15, -0.1) is 10.2 Å². The van der Waals surface area contributed by atoms with Crippen LogP contribution in [-0.4, -0.2) is 36.2 Å². The minimum Gasteiger partial charge on any atom is -0.310 e. The number of amides is 1. The monoisotopic (exact) mass is 466 g/mol. The molecular weight excluding hydrogens is 444 g/mol. The molecule has 0 unspecified atom stereocenters. The standard InChI is InChI=1S/C23H23ClN6OS/c1-15(2)30-20(12-13-25-30)26-21(31)14-32-23-28-27-22(17-8-10-18(24)11-9-17)29(23)19-7-5-4-6-16(19)3/h4-13,15H,14H2,1-3H3,(H,26,31). The number of rotatable bonds is 7. The number of thioether (sulfide) groups is 1. The van der Waals surface area contributed by atoms with Crippen molar-refractivity contribution < 1.29 is 4.79 Å². The van der Waals surface area contributed by atoms with Crippen LogP contribution < -0.4 is 5.32 Å². The summed E-state index contributed by atoms with van der Waals surface area (Å²) < 4.78 is 3.76. The first kappa shape index (κ1) is 22.1. The number of para-hydroxylation sites is 1. The zero-order valence-electron chi connectivity index (χ0n) is 18.0. The van der Waals surface area contributed by atoms with E-state index in [0.717, 1.165) is 16.8 Å². The van der Waals surface area contributed by atoms with Gasteiger partial charge in [-0.25, -0.2) is 4.68 Å². The van der Waals surface area contributed by atoms with Crippen LogP contribution in [0.2, 0.25) is 5.02 Å². The molecule has 7 nitrogen and oxygen atoms in total. The molecule has 2 aromatic carbocycles. The second-order valence-electron chi connectivity index (χ2n) is 7.53. The number of aromatic nitrogens is 5. The predicted molar refractivity (Wildman–Crippen MR) is 129 cm³/mol. The molecule has 9 heteroatoms. The number of nitrogens with one attached hydrogen (secondary N) is 1. The second kappa shape index (κ2) is 9.58. The lowest BCUT2D eigenvalue weighted by Gasteiger charge is -2.13. The third-order valence-electron chi connectivity index (χ3n) is 4.85. The molecule has 0 saturated carbocycles. The summed E-state index contributed by atoms with van der Waals surface area (Å²) in [5.74, 6) is 1.42. The third-order valence-corrected chi connectivity index (χ3v) is 6.03. The van der Waals surface area contributed by atoms with Crippen LogP contribution in [0.5, 0.6) is 0 Å². The van der Waals surface area contributed by atoms with Crippen molar-refractivity contribution in [1.29, 1.82) is 0 Å². The van der Waals surface area contributed by atoms with Gasteiger partial charge in [-0.3, -0.25) is 9.36 Å². The van der Waals surface area contributed by atoms with Gasteiger partial charge in [0, 0.05) is 22.7 Å². The van der Waals surface area contributed by atoms with Crippen LogP contribution in [0.1, 0.15) is 25.5 Å². The second-order valence-corrected chi connectivity index (χ2v) is 8.91.